The summed E-state index contributed by atoms with van der Waals surface area (Å²) in [7, 11) is 0. The van der Waals surface area contributed by atoms with Gasteiger partial charge < -0.3 is 9.47 Å². The lowest BCUT2D eigenvalue weighted by Gasteiger charge is -2.22. The van der Waals surface area contributed by atoms with Crippen LogP contribution in [0.15, 0.2) is 12.3 Å². The summed E-state index contributed by atoms with van der Waals surface area (Å²) in [6, 6.07) is 1.63. The van der Waals surface area contributed by atoms with Crippen LogP contribution in [0.25, 0.3) is 0 Å². The van der Waals surface area contributed by atoms with Crippen LogP contribution in [-0.2, 0) is 0 Å². The number of nitrogens with zero attached hydrogens (tertiary/aromatic N) is 1. The average Bonchev–Trinajstić information content (AvgIpc) is 3.02. The number of carbonyl (C=O) groups excluding carboxylic acids is 1. The first-order valence-corrected chi connectivity index (χ1v) is 5.79. The molecule has 1 aliphatic rings. The van der Waals surface area contributed by atoms with Crippen molar-refractivity contribution in [2.75, 3.05) is 0 Å². The third kappa shape index (κ3) is 3.44. The van der Waals surface area contributed by atoms with Crippen molar-refractivity contribution in [1.82, 2.24) is 4.98 Å². The molecule has 0 N–H and O–H groups in total. The second kappa shape index (κ2) is 4.35. The Morgan fingerprint density at radius 1 is 1.35 bits per heavy atom. The Morgan fingerprint density at radius 2 is 2.06 bits per heavy atom. The monoisotopic (exact) mass is 235 g/mol. The van der Waals surface area contributed by atoms with Crippen molar-refractivity contribution in [1.29, 1.82) is 0 Å². The number of hydrogen-bond donors (Lipinski definition) is 0. The van der Waals surface area contributed by atoms with Crippen LogP contribution >= 0.6 is 0 Å². The number of rotatable bonds is 4. The van der Waals surface area contributed by atoms with E-state index in [0.717, 1.165) is 12.8 Å². The molecule has 4 nitrogen and oxygen atoms in total. The van der Waals surface area contributed by atoms with E-state index in [0.29, 0.717) is 23.5 Å². The topological polar surface area (TPSA) is 48.4 Å². The first kappa shape index (κ1) is 11.9. The Labute approximate surface area is 101 Å². The molecule has 1 fully saturated rings. The van der Waals surface area contributed by atoms with Gasteiger partial charge in [-0.1, -0.05) is 0 Å². The van der Waals surface area contributed by atoms with Crippen LogP contribution in [0.4, 0.5) is 0 Å². The summed E-state index contributed by atoms with van der Waals surface area (Å²) in [4.78, 5) is 14.7. The number of carbonyl (C=O) groups is 1. The Hall–Kier alpha value is -1.58. The summed E-state index contributed by atoms with van der Waals surface area (Å²) in [5.74, 6) is 1.20. The van der Waals surface area contributed by atoms with Gasteiger partial charge in [0.25, 0.3) is 0 Å². The molecule has 0 spiro atoms. The summed E-state index contributed by atoms with van der Waals surface area (Å²) < 4.78 is 11.5. The minimum atomic E-state index is -0.313. The number of hydrogen-bond acceptors (Lipinski definition) is 4. The molecule has 0 aliphatic heterocycles. The highest BCUT2D eigenvalue weighted by molar-refractivity contribution is 5.73. The quantitative estimate of drug-likeness (QED) is 0.753. The van der Waals surface area contributed by atoms with Gasteiger partial charge in [-0.3, -0.25) is 4.79 Å². The van der Waals surface area contributed by atoms with Gasteiger partial charge in [0.1, 0.15) is 11.3 Å². The summed E-state index contributed by atoms with van der Waals surface area (Å²) in [6.45, 7) is 5.88. The van der Waals surface area contributed by atoms with Crippen LogP contribution in [0.2, 0.25) is 0 Å². The molecule has 0 unspecified atom stereocenters. The van der Waals surface area contributed by atoms with E-state index in [1.165, 1.54) is 0 Å². The number of aldehydes is 1. The third-order valence-corrected chi connectivity index (χ3v) is 2.21. The van der Waals surface area contributed by atoms with Gasteiger partial charge in [0.05, 0.1) is 12.3 Å². The van der Waals surface area contributed by atoms with Crippen molar-refractivity contribution in [3.05, 3.63) is 18.0 Å². The smallest absolute Gasteiger partial charge is 0.180 e. The van der Waals surface area contributed by atoms with Crippen LogP contribution < -0.4 is 9.47 Å². The van der Waals surface area contributed by atoms with Gasteiger partial charge in [-0.2, -0.15) is 0 Å². The molecule has 17 heavy (non-hydrogen) atoms. The lowest BCUT2D eigenvalue weighted by Crippen LogP contribution is -2.23. The summed E-state index contributed by atoms with van der Waals surface area (Å²) in [5.41, 5.74) is 0.0494. The number of ether oxygens (including phenoxy) is 2. The van der Waals surface area contributed by atoms with Crippen molar-refractivity contribution in [3.8, 4) is 11.5 Å². The summed E-state index contributed by atoms with van der Waals surface area (Å²) in [5, 5.41) is 0. The molecule has 1 aliphatic carbocycles. The Morgan fingerprint density at radius 3 is 2.59 bits per heavy atom. The largest absolute Gasteiger partial charge is 0.486 e. The molecule has 0 radical (unpaired) electrons. The lowest BCUT2D eigenvalue weighted by atomic mass is 10.2. The fraction of sp³-hybridized carbons (Fsp3) is 0.538. The molecular weight excluding hydrogens is 218 g/mol. The molecule has 0 amide bonds. The zero-order chi connectivity index (χ0) is 12.5. The fourth-order valence-electron chi connectivity index (χ4n) is 1.37. The molecule has 1 saturated carbocycles. The third-order valence-electron chi connectivity index (χ3n) is 2.21. The van der Waals surface area contributed by atoms with E-state index >= 15 is 0 Å². The first-order chi connectivity index (χ1) is 7.98. The minimum absolute atomic E-state index is 0.263. The molecule has 1 heterocycles. The van der Waals surface area contributed by atoms with Gasteiger partial charge in [0.2, 0.25) is 0 Å². The number of pyridine rings is 1. The van der Waals surface area contributed by atoms with Crippen molar-refractivity contribution in [2.24, 2.45) is 0 Å². The van der Waals surface area contributed by atoms with Gasteiger partial charge in [-0.15, -0.1) is 0 Å². The SMILES string of the molecule is CC(C)(C)Oc1cnc(C=O)cc1OC1CC1. The van der Waals surface area contributed by atoms with Crippen molar-refractivity contribution >= 4 is 6.29 Å². The Kier molecular flexibility index (Phi) is 3.05. The molecule has 0 aromatic carbocycles. The van der Waals surface area contributed by atoms with Crippen LogP contribution in [0.1, 0.15) is 44.1 Å². The highest BCUT2D eigenvalue weighted by atomic mass is 16.5. The molecule has 92 valence electrons. The number of aromatic nitrogens is 1. The van der Waals surface area contributed by atoms with Crippen molar-refractivity contribution in [2.45, 2.75) is 45.3 Å². The summed E-state index contributed by atoms with van der Waals surface area (Å²) in [6.07, 6.45) is 4.65. The molecule has 1 aromatic rings. The molecule has 4 heteroatoms. The van der Waals surface area contributed by atoms with Crippen LogP contribution in [-0.4, -0.2) is 23.0 Å². The highest BCUT2D eigenvalue weighted by Crippen LogP contribution is 2.35. The van der Waals surface area contributed by atoms with Gasteiger partial charge in [0.15, 0.2) is 17.8 Å². The minimum Gasteiger partial charge on any atom is -0.486 e. The van der Waals surface area contributed by atoms with Gasteiger partial charge >= 0.3 is 0 Å². The molecule has 0 saturated heterocycles. The molecule has 1 aromatic heterocycles. The Bertz CT molecular complexity index is 419. The van der Waals surface area contributed by atoms with E-state index in [1.54, 1.807) is 12.3 Å². The van der Waals surface area contributed by atoms with Crippen LogP contribution in [0, 0.1) is 0 Å². The fourth-order valence-corrected chi connectivity index (χ4v) is 1.37. The predicted molar refractivity (Wildman–Crippen MR) is 63.7 cm³/mol. The molecule has 2 rings (SSSR count). The van der Waals surface area contributed by atoms with E-state index in [9.17, 15) is 4.79 Å². The predicted octanol–water partition coefficient (Wildman–Crippen LogP) is 2.61. The maximum Gasteiger partial charge on any atom is 0.180 e. The van der Waals surface area contributed by atoms with Crippen molar-refractivity contribution in [3.63, 3.8) is 0 Å². The molecule has 0 bridgehead atoms. The lowest BCUT2D eigenvalue weighted by molar-refractivity contribution is 0.111. The average molecular weight is 235 g/mol. The highest BCUT2D eigenvalue weighted by Gasteiger charge is 2.26. The maximum absolute atomic E-state index is 10.7. The van der Waals surface area contributed by atoms with Crippen molar-refractivity contribution < 1.29 is 14.3 Å². The second-order valence-corrected chi connectivity index (χ2v) is 5.21. The normalized spacial score (nSPS) is 15.5. The summed E-state index contributed by atoms with van der Waals surface area (Å²) >= 11 is 0. The van der Waals surface area contributed by atoms with E-state index in [2.05, 4.69) is 4.98 Å². The zero-order valence-electron chi connectivity index (χ0n) is 10.4. The molecule has 0 atom stereocenters. The van der Waals surface area contributed by atoms with Crippen LogP contribution in [0.5, 0.6) is 11.5 Å². The van der Waals surface area contributed by atoms with E-state index in [4.69, 9.17) is 9.47 Å². The Balaban J connectivity index is 2.24. The maximum atomic E-state index is 10.7. The second-order valence-electron chi connectivity index (χ2n) is 5.21. The van der Waals surface area contributed by atoms with E-state index < -0.39 is 0 Å². The van der Waals surface area contributed by atoms with Gasteiger partial charge in [0, 0.05) is 6.07 Å². The zero-order valence-corrected chi connectivity index (χ0v) is 10.4. The standard InChI is InChI=1S/C13H17NO3/c1-13(2,3)17-12-7-14-9(8-15)6-11(12)16-10-4-5-10/h6-8,10H,4-5H2,1-3H3. The van der Waals surface area contributed by atoms with Crippen LogP contribution in [0.3, 0.4) is 0 Å². The molecular formula is C13H17NO3. The van der Waals surface area contributed by atoms with E-state index in [-0.39, 0.29) is 11.7 Å². The van der Waals surface area contributed by atoms with Gasteiger partial charge in [-0.05, 0) is 33.6 Å². The van der Waals surface area contributed by atoms with E-state index in [1.807, 2.05) is 20.8 Å². The first-order valence-electron chi connectivity index (χ1n) is 5.79. The van der Waals surface area contributed by atoms with Gasteiger partial charge in [-0.25, -0.2) is 4.98 Å².